The summed E-state index contributed by atoms with van der Waals surface area (Å²) in [6.45, 7) is 0. The molecule has 0 aliphatic heterocycles. The summed E-state index contributed by atoms with van der Waals surface area (Å²) in [5.74, 6) is 0.901. The molecule has 4 rings (SSSR count). The van der Waals surface area contributed by atoms with Crippen LogP contribution in [0.4, 0.5) is 5.95 Å². The maximum Gasteiger partial charge on any atom is 0.251 e. The van der Waals surface area contributed by atoms with E-state index >= 15 is 0 Å². The van der Waals surface area contributed by atoms with E-state index in [2.05, 4.69) is 15.3 Å². The number of benzene rings is 2. The first-order valence-electron chi connectivity index (χ1n) is 8.15. The lowest BCUT2D eigenvalue weighted by Gasteiger charge is -2.12. The van der Waals surface area contributed by atoms with Crippen LogP contribution in [0, 0.1) is 0 Å². The fourth-order valence-corrected chi connectivity index (χ4v) is 2.79. The van der Waals surface area contributed by atoms with Crippen LogP contribution in [0.2, 0.25) is 0 Å². The molecule has 0 saturated heterocycles. The second-order valence-corrected chi connectivity index (χ2v) is 6.16. The first-order valence-corrected chi connectivity index (χ1v) is 8.15. The fourth-order valence-electron chi connectivity index (χ4n) is 2.79. The highest BCUT2D eigenvalue weighted by Gasteiger charge is 2.24. The molecular formula is C19H18N4O2. The molecule has 3 N–H and O–H groups in total. The number of nitrogen functional groups attached to an aromatic ring is 1. The highest BCUT2D eigenvalue weighted by atomic mass is 16.5. The Balaban J connectivity index is 1.76. The van der Waals surface area contributed by atoms with E-state index in [1.54, 1.807) is 19.4 Å². The van der Waals surface area contributed by atoms with Crippen LogP contribution in [0.25, 0.3) is 22.0 Å². The smallest absolute Gasteiger partial charge is 0.251 e. The Hall–Kier alpha value is -3.15. The van der Waals surface area contributed by atoms with Gasteiger partial charge in [-0.05, 0) is 48.7 Å². The van der Waals surface area contributed by atoms with Gasteiger partial charge in [-0.3, -0.25) is 4.79 Å². The Morgan fingerprint density at radius 3 is 2.84 bits per heavy atom. The summed E-state index contributed by atoms with van der Waals surface area (Å²) in [7, 11) is 1.62. The zero-order chi connectivity index (χ0) is 17.4. The number of carbonyl (C=O) groups excluding carboxylic acids is 1. The van der Waals surface area contributed by atoms with Crippen molar-refractivity contribution in [2.24, 2.45) is 0 Å². The number of hydrogen-bond acceptors (Lipinski definition) is 5. The van der Waals surface area contributed by atoms with E-state index in [1.807, 2.05) is 30.3 Å². The highest BCUT2D eigenvalue weighted by Crippen LogP contribution is 2.33. The summed E-state index contributed by atoms with van der Waals surface area (Å²) in [6, 6.07) is 11.6. The summed E-state index contributed by atoms with van der Waals surface area (Å²) in [4.78, 5) is 20.6. The quantitative estimate of drug-likeness (QED) is 0.766. The Morgan fingerprint density at radius 2 is 2.08 bits per heavy atom. The van der Waals surface area contributed by atoms with E-state index in [9.17, 15) is 4.79 Å². The van der Waals surface area contributed by atoms with Crippen molar-refractivity contribution >= 4 is 22.8 Å². The van der Waals surface area contributed by atoms with Crippen LogP contribution >= 0.6 is 0 Å². The van der Waals surface area contributed by atoms with Crippen LogP contribution in [0.1, 0.15) is 23.2 Å². The summed E-state index contributed by atoms with van der Waals surface area (Å²) in [5, 5.41) is 3.88. The first kappa shape index (κ1) is 15.4. The van der Waals surface area contributed by atoms with Gasteiger partial charge in [0.1, 0.15) is 5.75 Å². The summed E-state index contributed by atoms with van der Waals surface area (Å²) < 4.78 is 5.48. The van der Waals surface area contributed by atoms with Crippen molar-refractivity contribution < 1.29 is 9.53 Å². The van der Waals surface area contributed by atoms with Crippen molar-refractivity contribution in [1.29, 1.82) is 0 Å². The van der Waals surface area contributed by atoms with Crippen molar-refractivity contribution in [2.75, 3.05) is 12.8 Å². The summed E-state index contributed by atoms with van der Waals surface area (Å²) in [6.07, 6.45) is 3.81. The van der Waals surface area contributed by atoms with E-state index in [0.717, 1.165) is 34.9 Å². The van der Waals surface area contributed by atoms with Crippen LogP contribution in [0.3, 0.4) is 0 Å². The van der Waals surface area contributed by atoms with E-state index in [1.165, 1.54) is 0 Å². The molecule has 0 bridgehead atoms. The zero-order valence-corrected chi connectivity index (χ0v) is 13.8. The molecule has 6 nitrogen and oxygen atoms in total. The third-order valence-corrected chi connectivity index (χ3v) is 4.28. The molecule has 0 spiro atoms. The molecule has 1 aromatic heterocycles. The normalized spacial score (nSPS) is 13.6. The number of methoxy groups -OCH3 is 1. The van der Waals surface area contributed by atoms with Crippen LogP contribution in [-0.4, -0.2) is 29.0 Å². The van der Waals surface area contributed by atoms with Gasteiger partial charge in [0.05, 0.1) is 12.6 Å². The third kappa shape index (κ3) is 3.10. The van der Waals surface area contributed by atoms with Gasteiger partial charge >= 0.3 is 0 Å². The van der Waals surface area contributed by atoms with E-state index in [-0.39, 0.29) is 11.9 Å². The molecule has 1 aliphatic carbocycles. The average molecular weight is 334 g/mol. The van der Waals surface area contributed by atoms with Gasteiger partial charge in [0.25, 0.3) is 5.91 Å². The lowest BCUT2D eigenvalue weighted by atomic mass is 10.00. The Kier molecular flexibility index (Phi) is 3.72. The first-order chi connectivity index (χ1) is 12.1. The predicted octanol–water partition coefficient (Wildman–Crippen LogP) is 2.78. The molecule has 1 fully saturated rings. The molecule has 1 heterocycles. The van der Waals surface area contributed by atoms with E-state index < -0.39 is 0 Å². The zero-order valence-electron chi connectivity index (χ0n) is 13.8. The molecule has 2 aromatic carbocycles. The topological polar surface area (TPSA) is 90.1 Å². The number of carbonyl (C=O) groups is 1. The summed E-state index contributed by atoms with van der Waals surface area (Å²) in [5.41, 5.74) is 8.81. The summed E-state index contributed by atoms with van der Waals surface area (Å²) >= 11 is 0. The monoisotopic (exact) mass is 334 g/mol. The molecule has 0 atom stereocenters. The minimum Gasteiger partial charge on any atom is -0.496 e. The molecule has 0 unspecified atom stereocenters. The highest BCUT2D eigenvalue weighted by molar-refractivity contribution is 5.97. The molecule has 3 aromatic rings. The maximum absolute atomic E-state index is 12.3. The molecular weight excluding hydrogens is 316 g/mol. The number of amides is 1. The van der Waals surface area contributed by atoms with Crippen molar-refractivity contribution in [3.05, 3.63) is 48.2 Å². The van der Waals surface area contributed by atoms with E-state index in [0.29, 0.717) is 17.4 Å². The van der Waals surface area contributed by atoms with Crippen LogP contribution in [-0.2, 0) is 0 Å². The maximum atomic E-state index is 12.3. The van der Waals surface area contributed by atoms with Crippen molar-refractivity contribution in [2.45, 2.75) is 18.9 Å². The molecule has 6 heteroatoms. The molecule has 1 saturated carbocycles. The number of nitrogens with two attached hydrogens (primary N) is 1. The number of aromatic nitrogens is 2. The number of nitrogens with zero attached hydrogens (tertiary/aromatic N) is 2. The molecule has 126 valence electrons. The average Bonchev–Trinajstić information content (AvgIpc) is 3.44. The van der Waals surface area contributed by atoms with Gasteiger partial charge in [-0.2, -0.15) is 0 Å². The standard InChI is InChI=1S/C19H18N4O2/c1-25-17-7-3-12(18(24)22-14-4-5-14)9-15(17)11-2-6-16-13(8-11)10-21-19(20)23-16/h2-3,6-10,14H,4-5H2,1H3,(H,22,24)(H2,20,21,23). The molecule has 1 aliphatic rings. The largest absolute Gasteiger partial charge is 0.496 e. The van der Waals surface area contributed by atoms with Gasteiger partial charge in [0, 0.05) is 28.8 Å². The number of hydrogen-bond donors (Lipinski definition) is 2. The number of fused-ring (bicyclic) bond motifs is 1. The number of rotatable bonds is 4. The minimum absolute atomic E-state index is 0.0525. The third-order valence-electron chi connectivity index (χ3n) is 4.28. The lowest BCUT2D eigenvalue weighted by Crippen LogP contribution is -2.25. The van der Waals surface area contributed by atoms with Crippen LogP contribution < -0.4 is 15.8 Å². The minimum atomic E-state index is -0.0525. The van der Waals surface area contributed by atoms with Crippen molar-refractivity contribution in [3.8, 4) is 16.9 Å². The van der Waals surface area contributed by atoms with Crippen LogP contribution in [0.5, 0.6) is 5.75 Å². The van der Waals surface area contributed by atoms with E-state index in [4.69, 9.17) is 10.5 Å². The number of ether oxygens (including phenoxy) is 1. The molecule has 25 heavy (non-hydrogen) atoms. The second-order valence-electron chi connectivity index (χ2n) is 6.16. The van der Waals surface area contributed by atoms with Gasteiger partial charge in [-0.1, -0.05) is 6.07 Å². The van der Waals surface area contributed by atoms with Crippen molar-refractivity contribution in [3.63, 3.8) is 0 Å². The molecule has 0 radical (unpaired) electrons. The SMILES string of the molecule is COc1ccc(C(=O)NC2CC2)cc1-c1ccc2nc(N)ncc2c1. The van der Waals surface area contributed by atoms with Gasteiger partial charge in [-0.15, -0.1) is 0 Å². The molecule has 1 amide bonds. The van der Waals surface area contributed by atoms with Crippen LogP contribution in [0.15, 0.2) is 42.6 Å². The number of anilines is 1. The van der Waals surface area contributed by atoms with Gasteiger partial charge < -0.3 is 15.8 Å². The Morgan fingerprint density at radius 1 is 1.24 bits per heavy atom. The Bertz CT molecular complexity index is 967. The van der Waals surface area contributed by atoms with Gasteiger partial charge in [0.2, 0.25) is 5.95 Å². The fraction of sp³-hybridized carbons (Fsp3) is 0.211. The Labute approximate surface area is 145 Å². The second kappa shape index (κ2) is 6.05. The van der Waals surface area contributed by atoms with Gasteiger partial charge in [0.15, 0.2) is 0 Å². The van der Waals surface area contributed by atoms with Crippen molar-refractivity contribution in [1.82, 2.24) is 15.3 Å². The van der Waals surface area contributed by atoms with Gasteiger partial charge in [-0.25, -0.2) is 9.97 Å². The lowest BCUT2D eigenvalue weighted by molar-refractivity contribution is 0.0951. The number of nitrogens with one attached hydrogen (secondary N) is 1. The predicted molar refractivity (Wildman–Crippen MR) is 96.4 cm³/mol.